The standard InChI is InChI=1S/C15H27NS2/c1-4-8-15(13-17,9-5-2)12-16(3)11-14-7-6-10-18-14/h6-7,10,17H,4-5,8-9,11-13H2,1-3H3. The SMILES string of the molecule is CCCC(CS)(CCC)CN(C)Cc1cccs1. The Hall–Kier alpha value is 0.01000. The molecule has 1 nitrogen and oxygen atoms in total. The molecule has 0 saturated carbocycles. The molecule has 0 bridgehead atoms. The van der Waals surface area contributed by atoms with Crippen molar-refractivity contribution in [3.63, 3.8) is 0 Å². The molecule has 1 aromatic heterocycles. The molecule has 0 saturated heterocycles. The van der Waals surface area contributed by atoms with Crippen LogP contribution in [0.15, 0.2) is 17.5 Å². The topological polar surface area (TPSA) is 3.24 Å². The summed E-state index contributed by atoms with van der Waals surface area (Å²) in [5, 5.41) is 2.16. The third-order valence-electron chi connectivity index (χ3n) is 3.51. The van der Waals surface area contributed by atoms with Gasteiger partial charge in [0.2, 0.25) is 0 Å². The predicted octanol–water partition coefficient (Wildman–Crippen LogP) is 4.70. The van der Waals surface area contributed by atoms with E-state index in [0.29, 0.717) is 5.41 Å². The summed E-state index contributed by atoms with van der Waals surface area (Å²) in [4.78, 5) is 3.92. The van der Waals surface area contributed by atoms with E-state index in [1.165, 1.54) is 30.6 Å². The van der Waals surface area contributed by atoms with Crippen LogP contribution in [0.1, 0.15) is 44.4 Å². The third kappa shape index (κ3) is 4.94. The zero-order valence-corrected chi connectivity index (χ0v) is 13.7. The van der Waals surface area contributed by atoms with Crippen LogP contribution in [0.25, 0.3) is 0 Å². The van der Waals surface area contributed by atoms with Crippen LogP contribution in [0, 0.1) is 5.41 Å². The van der Waals surface area contributed by atoms with Gasteiger partial charge in [0.05, 0.1) is 0 Å². The molecule has 3 heteroatoms. The smallest absolute Gasteiger partial charge is 0.0325 e. The molecular formula is C15H27NS2. The van der Waals surface area contributed by atoms with Crippen molar-refractivity contribution in [3.05, 3.63) is 22.4 Å². The van der Waals surface area contributed by atoms with Gasteiger partial charge < -0.3 is 4.90 Å². The van der Waals surface area contributed by atoms with Crippen LogP contribution in [0.4, 0.5) is 0 Å². The fraction of sp³-hybridized carbons (Fsp3) is 0.733. The number of nitrogens with zero attached hydrogens (tertiary/aromatic N) is 1. The van der Waals surface area contributed by atoms with Gasteiger partial charge in [-0.3, -0.25) is 0 Å². The highest BCUT2D eigenvalue weighted by molar-refractivity contribution is 7.80. The Morgan fingerprint density at radius 3 is 2.39 bits per heavy atom. The molecule has 1 heterocycles. The maximum absolute atomic E-state index is 4.63. The van der Waals surface area contributed by atoms with Gasteiger partial charge in [-0.2, -0.15) is 12.6 Å². The normalized spacial score (nSPS) is 12.3. The lowest BCUT2D eigenvalue weighted by Gasteiger charge is -2.36. The lowest BCUT2D eigenvalue weighted by atomic mass is 9.80. The van der Waals surface area contributed by atoms with E-state index in [4.69, 9.17) is 0 Å². The summed E-state index contributed by atoms with van der Waals surface area (Å²) in [5.41, 5.74) is 0.401. The second kappa shape index (κ2) is 8.23. The summed E-state index contributed by atoms with van der Waals surface area (Å²) in [6.07, 6.45) is 5.10. The van der Waals surface area contributed by atoms with Crippen LogP contribution >= 0.6 is 24.0 Å². The highest BCUT2D eigenvalue weighted by Gasteiger charge is 2.28. The van der Waals surface area contributed by atoms with Gasteiger partial charge in [0, 0.05) is 18.0 Å². The molecule has 0 spiro atoms. The van der Waals surface area contributed by atoms with E-state index < -0.39 is 0 Å². The van der Waals surface area contributed by atoms with Crippen molar-refractivity contribution in [2.45, 2.75) is 46.1 Å². The van der Waals surface area contributed by atoms with Crippen LogP contribution in [0.3, 0.4) is 0 Å². The molecule has 0 radical (unpaired) electrons. The van der Waals surface area contributed by atoms with E-state index in [0.717, 1.165) is 18.8 Å². The Bertz CT molecular complexity index is 302. The predicted molar refractivity (Wildman–Crippen MR) is 86.8 cm³/mol. The van der Waals surface area contributed by atoms with Crippen LogP contribution < -0.4 is 0 Å². The Morgan fingerprint density at radius 1 is 1.28 bits per heavy atom. The first kappa shape index (κ1) is 16.1. The van der Waals surface area contributed by atoms with Gasteiger partial charge in [-0.05, 0) is 42.5 Å². The Kier molecular flexibility index (Phi) is 7.35. The summed E-state index contributed by atoms with van der Waals surface area (Å²) >= 11 is 6.48. The first-order valence-electron chi connectivity index (χ1n) is 6.97. The molecule has 1 aromatic rings. The van der Waals surface area contributed by atoms with Gasteiger partial charge in [-0.1, -0.05) is 32.8 Å². The molecule has 0 aliphatic heterocycles. The van der Waals surface area contributed by atoms with E-state index in [-0.39, 0.29) is 0 Å². The van der Waals surface area contributed by atoms with Crippen molar-refractivity contribution in [1.82, 2.24) is 4.90 Å². The van der Waals surface area contributed by atoms with Gasteiger partial charge in [-0.25, -0.2) is 0 Å². The summed E-state index contributed by atoms with van der Waals surface area (Å²) in [6, 6.07) is 4.36. The minimum absolute atomic E-state index is 0.401. The molecule has 0 aliphatic rings. The van der Waals surface area contributed by atoms with Crippen molar-refractivity contribution in [2.75, 3.05) is 19.3 Å². The maximum atomic E-state index is 4.63. The minimum atomic E-state index is 0.401. The summed E-state index contributed by atoms with van der Waals surface area (Å²) in [7, 11) is 2.24. The molecule has 1 rings (SSSR count). The van der Waals surface area contributed by atoms with Crippen molar-refractivity contribution in [2.24, 2.45) is 5.41 Å². The number of rotatable bonds is 9. The minimum Gasteiger partial charge on any atom is -0.301 e. The van der Waals surface area contributed by atoms with E-state index >= 15 is 0 Å². The van der Waals surface area contributed by atoms with Gasteiger partial charge in [0.1, 0.15) is 0 Å². The van der Waals surface area contributed by atoms with Crippen molar-refractivity contribution >= 4 is 24.0 Å². The summed E-state index contributed by atoms with van der Waals surface area (Å²) in [5.74, 6) is 1.00. The number of thiophene rings is 1. The molecule has 0 fully saturated rings. The Balaban J connectivity index is 2.58. The molecular weight excluding hydrogens is 258 g/mol. The monoisotopic (exact) mass is 285 g/mol. The van der Waals surface area contributed by atoms with E-state index in [9.17, 15) is 0 Å². The number of hydrogen-bond donors (Lipinski definition) is 1. The van der Waals surface area contributed by atoms with Crippen molar-refractivity contribution in [3.8, 4) is 0 Å². The zero-order chi connectivity index (χ0) is 13.4. The molecule has 0 N–H and O–H groups in total. The second-order valence-electron chi connectivity index (χ2n) is 5.41. The largest absolute Gasteiger partial charge is 0.301 e. The third-order valence-corrected chi connectivity index (χ3v) is 5.04. The fourth-order valence-corrected chi connectivity index (χ4v) is 4.05. The molecule has 0 unspecified atom stereocenters. The van der Waals surface area contributed by atoms with Gasteiger partial charge in [0.15, 0.2) is 0 Å². The van der Waals surface area contributed by atoms with Gasteiger partial charge in [-0.15, -0.1) is 11.3 Å². The van der Waals surface area contributed by atoms with Gasteiger partial charge >= 0.3 is 0 Å². The van der Waals surface area contributed by atoms with Crippen molar-refractivity contribution < 1.29 is 0 Å². The number of hydrogen-bond acceptors (Lipinski definition) is 3. The molecule has 0 amide bonds. The number of thiol groups is 1. The first-order chi connectivity index (χ1) is 8.65. The highest BCUT2D eigenvalue weighted by Crippen LogP contribution is 2.32. The quantitative estimate of drug-likeness (QED) is 0.644. The van der Waals surface area contributed by atoms with Gasteiger partial charge in [0.25, 0.3) is 0 Å². The molecule has 104 valence electrons. The Morgan fingerprint density at radius 2 is 1.94 bits per heavy atom. The average Bonchev–Trinajstić information content (AvgIpc) is 2.82. The first-order valence-corrected chi connectivity index (χ1v) is 8.49. The van der Waals surface area contributed by atoms with Crippen LogP contribution in [-0.2, 0) is 6.54 Å². The lowest BCUT2D eigenvalue weighted by molar-refractivity contribution is 0.166. The Labute approximate surface area is 122 Å². The molecule has 0 atom stereocenters. The zero-order valence-electron chi connectivity index (χ0n) is 12.0. The fourth-order valence-electron chi connectivity index (χ4n) is 2.85. The van der Waals surface area contributed by atoms with E-state index in [1.807, 2.05) is 11.3 Å². The van der Waals surface area contributed by atoms with E-state index in [2.05, 4.69) is 55.9 Å². The second-order valence-corrected chi connectivity index (χ2v) is 6.76. The molecule has 18 heavy (non-hydrogen) atoms. The summed E-state index contributed by atoms with van der Waals surface area (Å²) < 4.78 is 0. The van der Waals surface area contributed by atoms with Crippen LogP contribution in [0.5, 0.6) is 0 Å². The molecule has 0 aliphatic carbocycles. The van der Waals surface area contributed by atoms with Crippen molar-refractivity contribution in [1.29, 1.82) is 0 Å². The average molecular weight is 286 g/mol. The maximum Gasteiger partial charge on any atom is 0.0325 e. The summed E-state index contributed by atoms with van der Waals surface area (Å²) in [6.45, 7) is 6.80. The van der Waals surface area contributed by atoms with Crippen LogP contribution in [0.2, 0.25) is 0 Å². The lowest BCUT2D eigenvalue weighted by Crippen LogP contribution is -2.36. The van der Waals surface area contributed by atoms with Crippen LogP contribution in [-0.4, -0.2) is 24.2 Å². The molecule has 0 aromatic carbocycles. The van der Waals surface area contributed by atoms with E-state index in [1.54, 1.807) is 0 Å². The highest BCUT2D eigenvalue weighted by atomic mass is 32.1.